The number of rotatable bonds is 6. The minimum atomic E-state index is -4.42. The summed E-state index contributed by atoms with van der Waals surface area (Å²) in [7, 11) is 0. The molecule has 1 amide bonds. The molecule has 1 aliphatic heterocycles. The van der Waals surface area contributed by atoms with Crippen molar-refractivity contribution >= 4 is 23.2 Å². The number of benzene rings is 2. The van der Waals surface area contributed by atoms with E-state index >= 15 is 0 Å². The van der Waals surface area contributed by atoms with E-state index in [1.807, 2.05) is 18.2 Å². The first-order valence-electron chi connectivity index (χ1n) is 9.74. The van der Waals surface area contributed by atoms with Crippen molar-refractivity contribution in [1.82, 2.24) is 4.90 Å². The largest absolute Gasteiger partial charge is 0.416 e. The molecule has 1 aliphatic carbocycles. The Morgan fingerprint density at radius 1 is 1.17 bits per heavy atom. The Morgan fingerprint density at radius 3 is 2.63 bits per heavy atom. The zero-order valence-corrected chi connectivity index (χ0v) is 16.8. The van der Waals surface area contributed by atoms with Crippen molar-refractivity contribution in [2.24, 2.45) is 11.1 Å². The van der Waals surface area contributed by atoms with Gasteiger partial charge in [-0.05, 0) is 36.6 Å². The molecule has 0 saturated heterocycles. The summed E-state index contributed by atoms with van der Waals surface area (Å²) in [5.41, 5.74) is 1.19. The summed E-state index contributed by atoms with van der Waals surface area (Å²) in [5.74, 6) is -0.108. The molecule has 2 aromatic carbocycles. The monoisotopic (exact) mass is 436 g/mol. The summed E-state index contributed by atoms with van der Waals surface area (Å²) in [5, 5.41) is 4.69. The lowest BCUT2D eigenvalue weighted by atomic mass is 10.0. The highest BCUT2D eigenvalue weighted by Crippen LogP contribution is 2.33. The van der Waals surface area contributed by atoms with Gasteiger partial charge in [-0.25, -0.2) is 0 Å². The average molecular weight is 437 g/mol. The summed E-state index contributed by atoms with van der Waals surface area (Å²) in [6, 6.07) is 12.4. The Morgan fingerprint density at radius 2 is 1.93 bits per heavy atom. The Kier molecular flexibility index (Phi) is 5.73. The van der Waals surface area contributed by atoms with Crippen molar-refractivity contribution in [3.05, 3.63) is 70.2 Å². The lowest BCUT2D eigenvalue weighted by Gasteiger charge is -2.25. The van der Waals surface area contributed by atoms with Gasteiger partial charge >= 0.3 is 6.18 Å². The zero-order valence-electron chi connectivity index (χ0n) is 16.0. The minimum absolute atomic E-state index is 0.0535. The van der Waals surface area contributed by atoms with Crippen LogP contribution in [0.3, 0.4) is 0 Å². The van der Waals surface area contributed by atoms with Crippen LogP contribution in [-0.4, -0.2) is 29.2 Å². The van der Waals surface area contributed by atoms with Gasteiger partial charge < -0.3 is 9.74 Å². The normalized spacial score (nSPS) is 18.7. The fourth-order valence-corrected chi connectivity index (χ4v) is 3.76. The first kappa shape index (κ1) is 20.7. The molecule has 1 atom stereocenters. The molecule has 1 fully saturated rings. The number of nitrogens with zero attached hydrogens (tertiary/aromatic N) is 2. The molecule has 4 nitrogen and oxygen atoms in total. The standard InChI is InChI=1S/C22H20ClF3N2O2/c23-19-7-2-1-6-18(19)20-11-17(30-27-20)13-28(21(29)15-8-9-15)12-14-4-3-5-16(10-14)22(24,25)26/h1-7,10,15,17H,8-9,11-13H2/t17-/m0/s1. The van der Waals surface area contributed by atoms with Crippen molar-refractivity contribution in [2.75, 3.05) is 6.54 Å². The highest BCUT2D eigenvalue weighted by Gasteiger charge is 2.36. The van der Waals surface area contributed by atoms with Crippen molar-refractivity contribution in [3.8, 4) is 0 Å². The molecule has 4 rings (SSSR count). The molecule has 0 unspecified atom stereocenters. The van der Waals surface area contributed by atoms with E-state index in [1.165, 1.54) is 6.07 Å². The van der Waals surface area contributed by atoms with Gasteiger partial charge in [-0.2, -0.15) is 13.2 Å². The van der Waals surface area contributed by atoms with E-state index in [9.17, 15) is 18.0 Å². The summed E-state index contributed by atoms with van der Waals surface area (Å²) >= 11 is 6.22. The first-order valence-corrected chi connectivity index (χ1v) is 10.1. The average Bonchev–Trinajstić information content (AvgIpc) is 3.46. The highest BCUT2D eigenvalue weighted by atomic mass is 35.5. The smallest absolute Gasteiger partial charge is 0.390 e. The third kappa shape index (κ3) is 4.78. The molecular weight excluding hydrogens is 417 g/mol. The van der Waals surface area contributed by atoms with Crippen LogP contribution in [0.25, 0.3) is 0 Å². The van der Waals surface area contributed by atoms with Crippen LogP contribution in [-0.2, 0) is 22.4 Å². The number of oxime groups is 1. The van der Waals surface area contributed by atoms with Crippen LogP contribution >= 0.6 is 11.6 Å². The molecule has 0 spiro atoms. The van der Waals surface area contributed by atoms with Crippen LogP contribution in [0.1, 0.15) is 36.0 Å². The number of carbonyl (C=O) groups is 1. The highest BCUT2D eigenvalue weighted by molar-refractivity contribution is 6.34. The third-order valence-corrected chi connectivity index (χ3v) is 5.54. The van der Waals surface area contributed by atoms with Gasteiger partial charge in [0.2, 0.25) is 5.91 Å². The van der Waals surface area contributed by atoms with Gasteiger partial charge in [-0.1, -0.05) is 47.1 Å². The van der Waals surface area contributed by atoms with Gasteiger partial charge in [0.25, 0.3) is 0 Å². The maximum absolute atomic E-state index is 13.0. The molecule has 158 valence electrons. The molecule has 0 radical (unpaired) electrons. The summed E-state index contributed by atoms with van der Waals surface area (Å²) < 4.78 is 39.1. The molecule has 8 heteroatoms. The SMILES string of the molecule is O=C(C1CC1)N(Cc1cccc(C(F)(F)F)c1)C[C@@H]1CC(c2ccccc2Cl)=NO1. The number of hydrogen-bond acceptors (Lipinski definition) is 3. The van der Waals surface area contributed by atoms with Crippen LogP contribution in [0.15, 0.2) is 53.7 Å². The summed E-state index contributed by atoms with van der Waals surface area (Å²) in [6.45, 7) is 0.351. The fourth-order valence-electron chi connectivity index (χ4n) is 3.51. The van der Waals surface area contributed by atoms with Crippen molar-refractivity contribution in [3.63, 3.8) is 0 Å². The number of halogens is 4. The summed E-state index contributed by atoms with van der Waals surface area (Å²) in [6.07, 6.45) is -2.70. The molecule has 1 heterocycles. The Balaban J connectivity index is 1.47. The fraction of sp³-hybridized carbons (Fsp3) is 0.364. The van der Waals surface area contributed by atoms with Crippen molar-refractivity contribution < 1.29 is 22.8 Å². The lowest BCUT2D eigenvalue weighted by Crippen LogP contribution is -2.38. The van der Waals surface area contributed by atoms with Crippen LogP contribution < -0.4 is 0 Å². The Hall–Kier alpha value is -2.54. The Bertz CT molecular complexity index is 973. The van der Waals surface area contributed by atoms with Gasteiger partial charge in [0.15, 0.2) is 6.10 Å². The molecule has 0 bridgehead atoms. The minimum Gasteiger partial charge on any atom is -0.390 e. The molecule has 1 saturated carbocycles. The first-order chi connectivity index (χ1) is 14.3. The molecule has 2 aromatic rings. The predicted molar refractivity (Wildman–Crippen MR) is 107 cm³/mol. The number of carbonyl (C=O) groups excluding carboxylic acids is 1. The third-order valence-electron chi connectivity index (χ3n) is 5.21. The van der Waals surface area contributed by atoms with E-state index in [-0.39, 0.29) is 31.0 Å². The van der Waals surface area contributed by atoms with Crippen molar-refractivity contribution in [2.45, 2.75) is 38.1 Å². The van der Waals surface area contributed by atoms with Gasteiger partial charge in [-0.3, -0.25) is 4.79 Å². The second-order valence-corrected chi connectivity index (χ2v) is 8.05. The van der Waals surface area contributed by atoms with E-state index in [2.05, 4.69) is 5.16 Å². The molecular formula is C22H20ClF3N2O2. The predicted octanol–water partition coefficient (Wildman–Crippen LogP) is 5.29. The second-order valence-electron chi connectivity index (χ2n) is 7.64. The molecule has 0 aromatic heterocycles. The van der Waals surface area contributed by atoms with E-state index in [0.29, 0.717) is 22.7 Å². The van der Waals surface area contributed by atoms with Gasteiger partial charge in [0.05, 0.1) is 17.8 Å². The maximum Gasteiger partial charge on any atom is 0.416 e. The quantitative estimate of drug-likeness (QED) is 0.617. The van der Waals surface area contributed by atoms with Crippen LogP contribution in [0.4, 0.5) is 13.2 Å². The second kappa shape index (κ2) is 8.30. The summed E-state index contributed by atoms with van der Waals surface area (Å²) in [4.78, 5) is 19.9. The van der Waals surface area contributed by atoms with Crippen LogP contribution in [0, 0.1) is 5.92 Å². The maximum atomic E-state index is 13.0. The van der Waals surface area contributed by atoms with Crippen molar-refractivity contribution in [1.29, 1.82) is 0 Å². The van der Waals surface area contributed by atoms with E-state index < -0.39 is 11.7 Å². The van der Waals surface area contributed by atoms with Gasteiger partial charge in [-0.15, -0.1) is 0 Å². The zero-order chi connectivity index (χ0) is 21.3. The molecule has 30 heavy (non-hydrogen) atoms. The molecule has 0 N–H and O–H groups in total. The number of alkyl halides is 3. The van der Waals surface area contributed by atoms with E-state index in [1.54, 1.807) is 17.0 Å². The lowest BCUT2D eigenvalue weighted by molar-refractivity contribution is -0.137. The van der Waals surface area contributed by atoms with E-state index in [0.717, 1.165) is 30.5 Å². The Labute approximate surface area is 177 Å². The molecule has 2 aliphatic rings. The van der Waals surface area contributed by atoms with Crippen LogP contribution in [0.5, 0.6) is 0 Å². The number of hydrogen-bond donors (Lipinski definition) is 0. The van der Waals surface area contributed by atoms with E-state index in [4.69, 9.17) is 16.4 Å². The number of amides is 1. The van der Waals surface area contributed by atoms with Gasteiger partial charge in [0.1, 0.15) is 0 Å². The topological polar surface area (TPSA) is 41.9 Å². The van der Waals surface area contributed by atoms with Crippen LogP contribution in [0.2, 0.25) is 5.02 Å². The van der Waals surface area contributed by atoms with Gasteiger partial charge in [0, 0.05) is 29.5 Å².